The number of benzene rings is 3. The van der Waals surface area contributed by atoms with Gasteiger partial charge in [-0.3, -0.25) is 18.7 Å². The smallest absolute Gasteiger partial charge is 0.255 e. The fourth-order valence-corrected chi connectivity index (χ4v) is 5.68. The molecule has 0 amide bonds. The molecule has 0 fully saturated rings. The van der Waals surface area contributed by atoms with E-state index in [0.717, 1.165) is 28.6 Å². The van der Waals surface area contributed by atoms with Gasteiger partial charge < -0.3 is 5.32 Å². The van der Waals surface area contributed by atoms with Crippen molar-refractivity contribution in [1.82, 2.24) is 29.1 Å². The summed E-state index contributed by atoms with van der Waals surface area (Å²) in [6, 6.07) is 21.5. The molecule has 0 aliphatic heterocycles. The first kappa shape index (κ1) is 35.9. The predicted octanol–water partition coefficient (Wildman–Crippen LogP) is 6.58. The van der Waals surface area contributed by atoms with Crippen molar-refractivity contribution >= 4 is 45.7 Å². The molecule has 0 atom stereocenters. The van der Waals surface area contributed by atoms with Gasteiger partial charge in [-0.15, -0.1) is 0 Å². The van der Waals surface area contributed by atoms with Gasteiger partial charge in [-0.2, -0.15) is 9.32 Å². The van der Waals surface area contributed by atoms with Crippen molar-refractivity contribution in [3.63, 3.8) is 0 Å². The van der Waals surface area contributed by atoms with Crippen LogP contribution in [-0.2, 0) is 36.2 Å². The Labute approximate surface area is 298 Å². The van der Waals surface area contributed by atoms with E-state index in [1.165, 1.54) is 52.6 Å². The Morgan fingerprint density at radius 3 is 1.63 bits per heavy atom. The van der Waals surface area contributed by atoms with E-state index in [2.05, 4.69) is 30.1 Å². The molecule has 0 radical (unpaired) electrons. The van der Waals surface area contributed by atoms with E-state index in [1.54, 1.807) is 75.0 Å². The minimum absolute atomic E-state index is 0.158. The molecule has 0 saturated heterocycles. The number of rotatable bonds is 9. The van der Waals surface area contributed by atoms with Crippen molar-refractivity contribution < 1.29 is 22.4 Å². The summed E-state index contributed by atoms with van der Waals surface area (Å²) in [5.41, 5.74) is 4.14. The van der Waals surface area contributed by atoms with Gasteiger partial charge in [0.25, 0.3) is 11.1 Å². The highest BCUT2D eigenvalue weighted by Crippen LogP contribution is 2.20. The largest absolute Gasteiger partial charge is 0.324 e. The van der Waals surface area contributed by atoms with Crippen molar-refractivity contribution in [2.45, 2.75) is 18.0 Å². The van der Waals surface area contributed by atoms with Crippen LogP contribution in [0.25, 0.3) is 22.1 Å². The zero-order chi connectivity index (χ0) is 36.8. The highest BCUT2D eigenvalue weighted by molar-refractivity contribution is 7.94. The molecule has 0 aliphatic carbocycles. The molecule has 4 heterocycles. The Morgan fingerprint density at radius 2 is 1.13 bits per heavy atom. The van der Waals surface area contributed by atoms with E-state index in [0.29, 0.717) is 57.4 Å². The van der Waals surface area contributed by atoms with Gasteiger partial charge in [0.15, 0.2) is 0 Å². The van der Waals surface area contributed by atoms with Crippen LogP contribution in [0.2, 0.25) is 0 Å². The molecule has 11 nitrogen and oxygen atoms in total. The number of nitrogens with zero attached hydrogens (tertiary/aromatic N) is 6. The van der Waals surface area contributed by atoms with Crippen LogP contribution in [0.3, 0.4) is 0 Å². The normalized spacial score (nSPS) is 11.0. The molecule has 0 saturated carbocycles. The van der Waals surface area contributed by atoms with Crippen molar-refractivity contribution in [1.29, 1.82) is 0 Å². The predicted molar refractivity (Wildman–Crippen MR) is 192 cm³/mol. The minimum Gasteiger partial charge on any atom is -0.324 e. The maximum atomic E-state index is 13.1. The SMILES string of the molecule is COOSc1ncc2cc(Cc3ccc(F)cc3)c(=O)n(C)c2n1.Cn1c(=O)c(Cc2ccc(F)cc2)cc2cnc(Nc3ccc(F)cc3)nc21. The fraction of sp³-hybridized carbons (Fsp3) is 0.135. The summed E-state index contributed by atoms with van der Waals surface area (Å²) < 4.78 is 46.8. The van der Waals surface area contributed by atoms with Gasteiger partial charge in [-0.05, 0) is 71.8 Å². The van der Waals surface area contributed by atoms with Gasteiger partial charge in [-0.1, -0.05) is 24.3 Å². The summed E-state index contributed by atoms with van der Waals surface area (Å²) in [5, 5.41) is 4.77. The van der Waals surface area contributed by atoms with Gasteiger partial charge in [0.1, 0.15) is 40.8 Å². The van der Waals surface area contributed by atoms with Crippen molar-refractivity contribution in [2.24, 2.45) is 14.1 Å². The Balaban J connectivity index is 0.000000181. The molecule has 0 bridgehead atoms. The highest BCUT2D eigenvalue weighted by atomic mass is 32.2. The molecule has 52 heavy (non-hydrogen) atoms. The molecule has 3 aromatic carbocycles. The zero-order valence-corrected chi connectivity index (χ0v) is 28.8. The number of anilines is 2. The van der Waals surface area contributed by atoms with Crippen molar-refractivity contribution in [3.8, 4) is 0 Å². The van der Waals surface area contributed by atoms with Crippen molar-refractivity contribution in [3.05, 3.63) is 158 Å². The van der Waals surface area contributed by atoms with Crippen LogP contribution in [0.1, 0.15) is 22.3 Å². The number of hydrogen-bond acceptors (Lipinski definition) is 10. The molecule has 1 N–H and O–H groups in total. The number of aryl methyl sites for hydroxylation is 2. The maximum absolute atomic E-state index is 13.1. The maximum Gasteiger partial charge on any atom is 0.255 e. The molecule has 0 aliphatic rings. The lowest BCUT2D eigenvalue weighted by Gasteiger charge is -2.10. The van der Waals surface area contributed by atoms with E-state index < -0.39 is 0 Å². The van der Waals surface area contributed by atoms with Crippen LogP contribution >= 0.6 is 12.0 Å². The topological polar surface area (TPSA) is 126 Å². The van der Waals surface area contributed by atoms with Gasteiger partial charge in [0.05, 0.1) is 7.11 Å². The Hall–Kier alpha value is -5.90. The summed E-state index contributed by atoms with van der Waals surface area (Å²) in [7, 11) is 4.68. The number of hydrogen-bond donors (Lipinski definition) is 1. The summed E-state index contributed by atoms with van der Waals surface area (Å²) in [4.78, 5) is 46.9. The highest BCUT2D eigenvalue weighted by Gasteiger charge is 2.13. The molecule has 7 rings (SSSR count). The molecule has 0 spiro atoms. The number of aromatic nitrogens is 6. The average molecular weight is 726 g/mol. The van der Waals surface area contributed by atoms with Crippen LogP contribution in [0, 0.1) is 17.5 Å². The molecule has 264 valence electrons. The van der Waals surface area contributed by atoms with E-state index >= 15 is 0 Å². The Bertz CT molecular complexity index is 2480. The van der Waals surface area contributed by atoms with E-state index in [-0.39, 0.29) is 28.6 Å². The first-order valence-electron chi connectivity index (χ1n) is 15.7. The second-order valence-electron chi connectivity index (χ2n) is 11.5. The third-order valence-electron chi connectivity index (χ3n) is 7.92. The Kier molecular flexibility index (Phi) is 11.0. The van der Waals surface area contributed by atoms with Gasteiger partial charge in [-0.25, -0.2) is 33.0 Å². The number of pyridine rings is 2. The molecule has 7 aromatic rings. The zero-order valence-electron chi connectivity index (χ0n) is 28.0. The second kappa shape index (κ2) is 16.0. The van der Waals surface area contributed by atoms with E-state index in [1.807, 2.05) is 0 Å². The minimum atomic E-state index is -0.332. The number of halogens is 3. The molecule has 15 heteroatoms. The monoisotopic (exact) mass is 725 g/mol. The van der Waals surface area contributed by atoms with Gasteiger partial charge in [0.2, 0.25) is 11.1 Å². The number of fused-ring (bicyclic) bond motifs is 2. The van der Waals surface area contributed by atoms with E-state index in [9.17, 15) is 22.8 Å². The fourth-order valence-electron chi connectivity index (χ4n) is 5.34. The van der Waals surface area contributed by atoms with Gasteiger partial charge in [0, 0.05) is 66.9 Å². The molecular weight excluding hydrogens is 696 g/mol. The van der Waals surface area contributed by atoms with Crippen LogP contribution in [-0.4, -0.2) is 36.2 Å². The third kappa shape index (κ3) is 8.51. The quantitative estimate of drug-likeness (QED) is 0.0755. The molecule has 4 aromatic heterocycles. The average Bonchev–Trinajstić information content (AvgIpc) is 3.15. The third-order valence-corrected chi connectivity index (χ3v) is 8.47. The first-order chi connectivity index (χ1) is 25.1. The second-order valence-corrected chi connectivity index (χ2v) is 12.2. The van der Waals surface area contributed by atoms with Crippen molar-refractivity contribution in [2.75, 3.05) is 12.4 Å². The van der Waals surface area contributed by atoms with Gasteiger partial charge >= 0.3 is 0 Å². The molecular formula is C37H30F3N7O4S. The van der Waals surface area contributed by atoms with Crippen LogP contribution in [0.5, 0.6) is 0 Å². The van der Waals surface area contributed by atoms with E-state index in [4.69, 9.17) is 4.33 Å². The molecule has 0 unspecified atom stereocenters. The summed E-state index contributed by atoms with van der Waals surface area (Å²) in [6.07, 6.45) is 4.05. The lowest BCUT2D eigenvalue weighted by Crippen LogP contribution is -2.22. The number of nitrogens with one attached hydrogen (secondary N) is 1. The summed E-state index contributed by atoms with van der Waals surface area (Å²) in [6.45, 7) is 0. The first-order valence-corrected chi connectivity index (χ1v) is 16.4. The van der Waals surface area contributed by atoms with Crippen LogP contribution in [0.15, 0.2) is 112 Å². The Morgan fingerprint density at radius 1 is 0.673 bits per heavy atom. The summed E-state index contributed by atoms with van der Waals surface area (Å²) in [5.74, 6) is -0.645. The van der Waals surface area contributed by atoms with Crippen LogP contribution < -0.4 is 16.4 Å². The lowest BCUT2D eigenvalue weighted by molar-refractivity contribution is -0.160. The standard InChI is InChI=1S/C21H16F2N4O.C16H14FN3O3S/c1-27-19-15(11-14(20(27)28)10-13-2-4-16(22)5-3-13)12-24-21(26-19)25-18-8-6-17(23)7-9-18;1-20-14-12(9-18-16(19-14)24-23-22-2)8-11(15(20)21)7-10-3-5-13(17)6-4-10/h2-9,11-12H,10H2,1H3,(H,24,25,26);3-6,8-9H,7H2,1-2H3. The lowest BCUT2D eigenvalue weighted by atomic mass is 10.1. The van der Waals surface area contributed by atoms with Crippen LogP contribution in [0.4, 0.5) is 24.8 Å². The summed E-state index contributed by atoms with van der Waals surface area (Å²) >= 11 is 0.863.